The van der Waals surface area contributed by atoms with Crippen molar-refractivity contribution in [2.75, 3.05) is 0 Å². The van der Waals surface area contributed by atoms with E-state index in [2.05, 4.69) is 10.1 Å². The van der Waals surface area contributed by atoms with Crippen LogP contribution in [-0.2, 0) is 13.1 Å². The quantitative estimate of drug-likeness (QED) is 0.884. The lowest BCUT2D eigenvalue weighted by molar-refractivity contribution is 0.0696. The highest BCUT2D eigenvalue weighted by atomic mass is 16.5. The number of amides is 1. The Balaban J connectivity index is 1.83. The second-order valence-electron chi connectivity index (χ2n) is 4.59. The van der Waals surface area contributed by atoms with Gasteiger partial charge >= 0.3 is 5.97 Å². The van der Waals surface area contributed by atoms with Crippen molar-refractivity contribution < 1.29 is 19.2 Å². The van der Waals surface area contributed by atoms with E-state index < -0.39 is 5.97 Å². The van der Waals surface area contributed by atoms with Crippen LogP contribution in [0.2, 0.25) is 0 Å². The van der Waals surface area contributed by atoms with Crippen LogP contribution in [0.4, 0.5) is 0 Å². The molecule has 0 spiro atoms. The third-order valence-corrected chi connectivity index (χ3v) is 3.18. The Kier molecular flexibility index (Phi) is 2.74. The van der Waals surface area contributed by atoms with Crippen molar-refractivity contribution in [2.45, 2.75) is 20.0 Å². The molecule has 1 aliphatic rings. The van der Waals surface area contributed by atoms with Crippen LogP contribution in [0.3, 0.4) is 0 Å². The zero-order chi connectivity index (χ0) is 14.3. The predicted molar refractivity (Wildman–Crippen MR) is 66.0 cm³/mol. The number of hydrogen-bond donors (Lipinski definition) is 1. The lowest BCUT2D eigenvalue weighted by Gasteiger charge is -2.11. The highest BCUT2D eigenvalue weighted by Crippen LogP contribution is 2.25. The molecule has 0 saturated carbocycles. The smallest absolute Gasteiger partial charge is 0.335 e. The molecule has 1 aromatic heterocycles. The van der Waals surface area contributed by atoms with E-state index in [1.807, 2.05) is 0 Å². The van der Waals surface area contributed by atoms with Gasteiger partial charge in [-0.3, -0.25) is 4.79 Å². The van der Waals surface area contributed by atoms with Crippen molar-refractivity contribution in [3.8, 4) is 0 Å². The maximum atomic E-state index is 12.2. The molecule has 0 aliphatic carbocycles. The third-order valence-electron chi connectivity index (χ3n) is 3.18. The first-order chi connectivity index (χ1) is 9.54. The van der Waals surface area contributed by atoms with Crippen LogP contribution in [0.1, 0.15) is 38.0 Å². The minimum Gasteiger partial charge on any atom is -0.478 e. The van der Waals surface area contributed by atoms with E-state index in [1.54, 1.807) is 24.0 Å². The van der Waals surface area contributed by atoms with Crippen molar-refractivity contribution in [1.29, 1.82) is 0 Å². The number of carbonyl (C=O) groups is 2. The molecule has 2 heterocycles. The van der Waals surface area contributed by atoms with Gasteiger partial charge in [0.15, 0.2) is 0 Å². The zero-order valence-electron chi connectivity index (χ0n) is 10.7. The largest absolute Gasteiger partial charge is 0.478 e. The molecule has 2 aromatic rings. The summed E-state index contributed by atoms with van der Waals surface area (Å²) >= 11 is 0. The van der Waals surface area contributed by atoms with Crippen molar-refractivity contribution in [3.63, 3.8) is 0 Å². The number of rotatable bonds is 2. The third kappa shape index (κ3) is 2.03. The number of hydrogen-bond acceptors (Lipinski definition) is 5. The molecule has 0 saturated heterocycles. The summed E-state index contributed by atoms with van der Waals surface area (Å²) in [6.45, 7) is 2.38. The van der Waals surface area contributed by atoms with Gasteiger partial charge in [0.2, 0.25) is 5.89 Å². The monoisotopic (exact) mass is 273 g/mol. The summed E-state index contributed by atoms with van der Waals surface area (Å²) < 4.78 is 4.79. The second-order valence-corrected chi connectivity index (χ2v) is 4.59. The predicted octanol–water partition coefficient (Wildman–Crippen LogP) is 1.23. The molecule has 102 valence electrons. The van der Waals surface area contributed by atoms with Crippen molar-refractivity contribution in [3.05, 3.63) is 46.6 Å². The van der Waals surface area contributed by atoms with Crippen LogP contribution in [-0.4, -0.2) is 32.0 Å². The van der Waals surface area contributed by atoms with Gasteiger partial charge in [-0.2, -0.15) is 4.98 Å². The molecule has 1 amide bonds. The fourth-order valence-electron chi connectivity index (χ4n) is 2.20. The summed E-state index contributed by atoms with van der Waals surface area (Å²) in [5, 5.41) is 12.6. The number of carbonyl (C=O) groups excluding carboxylic acids is 1. The molecule has 1 N–H and O–H groups in total. The Hall–Kier alpha value is -2.70. The number of fused-ring (bicyclic) bond motifs is 1. The number of benzene rings is 1. The van der Waals surface area contributed by atoms with E-state index in [0.29, 0.717) is 19.0 Å². The number of carboxylic acid groups (broad SMARTS) is 1. The van der Waals surface area contributed by atoms with Crippen molar-refractivity contribution in [1.82, 2.24) is 15.0 Å². The van der Waals surface area contributed by atoms with E-state index >= 15 is 0 Å². The van der Waals surface area contributed by atoms with Gasteiger partial charge in [0.1, 0.15) is 0 Å². The van der Waals surface area contributed by atoms with E-state index in [-0.39, 0.29) is 17.3 Å². The average molecular weight is 273 g/mol. The van der Waals surface area contributed by atoms with Crippen LogP contribution < -0.4 is 0 Å². The molecule has 1 aliphatic heterocycles. The minimum absolute atomic E-state index is 0.0220. The molecular formula is C13H11N3O4. The zero-order valence-corrected chi connectivity index (χ0v) is 10.7. The molecule has 0 bridgehead atoms. The average Bonchev–Trinajstić information content (AvgIpc) is 3.02. The first-order valence-corrected chi connectivity index (χ1v) is 5.99. The summed E-state index contributed by atoms with van der Waals surface area (Å²) in [4.78, 5) is 28.6. The summed E-state index contributed by atoms with van der Waals surface area (Å²) in [5.74, 6) is -0.951. The molecule has 0 radical (unpaired) electrons. The molecule has 7 nitrogen and oxygen atoms in total. The van der Waals surface area contributed by atoms with E-state index in [0.717, 1.165) is 11.1 Å². The number of nitrogens with zero attached hydrogens (tertiary/aromatic N) is 3. The lowest BCUT2D eigenvalue weighted by atomic mass is 10.1. The molecule has 7 heteroatoms. The lowest BCUT2D eigenvalue weighted by Crippen LogP contribution is -2.26. The highest BCUT2D eigenvalue weighted by molar-refractivity contribution is 5.91. The number of carboxylic acids is 1. The van der Waals surface area contributed by atoms with Gasteiger partial charge in [0.25, 0.3) is 11.7 Å². The minimum atomic E-state index is -0.980. The highest BCUT2D eigenvalue weighted by Gasteiger charge is 2.27. The summed E-state index contributed by atoms with van der Waals surface area (Å²) in [5.41, 5.74) is 1.98. The maximum Gasteiger partial charge on any atom is 0.335 e. The Morgan fingerprint density at radius 1 is 1.30 bits per heavy atom. The maximum absolute atomic E-state index is 12.2. The summed E-state index contributed by atoms with van der Waals surface area (Å²) in [6.07, 6.45) is 0. The molecule has 20 heavy (non-hydrogen) atoms. The molecule has 0 fully saturated rings. The molecule has 1 aromatic carbocycles. The molecule has 0 unspecified atom stereocenters. The number of aryl methyl sites for hydroxylation is 1. The molecule has 3 rings (SSSR count). The fourth-order valence-corrected chi connectivity index (χ4v) is 2.20. The Morgan fingerprint density at radius 3 is 2.70 bits per heavy atom. The second kappa shape index (κ2) is 4.44. The van der Waals surface area contributed by atoms with Crippen LogP contribution in [0.25, 0.3) is 0 Å². The van der Waals surface area contributed by atoms with Crippen LogP contribution in [0.5, 0.6) is 0 Å². The van der Waals surface area contributed by atoms with Crippen LogP contribution in [0.15, 0.2) is 22.7 Å². The van der Waals surface area contributed by atoms with Gasteiger partial charge in [-0.25, -0.2) is 4.79 Å². The normalized spacial score (nSPS) is 13.3. The number of aromatic carboxylic acids is 1. The standard InChI is InChI=1S/C13H11N3O4/c1-7-14-11(15-20-7)12(17)16-5-9-3-2-8(13(18)19)4-10(9)6-16/h2-4H,5-6H2,1H3,(H,18,19). The summed E-state index contributed by atoms with van der Waals surface area (Å²) in [7, 11) is 0. The van der Waals surface area contributed by atoms with Crippen LogP contribution in [0, 0.1) is 6.92 Å². The fraction of sp³-hybridized carbons (Fsp3) is 0.231. The topological polar surface area (TPSA) is 96.5 Å². The van der Waals surface area contributed by atoms with Gasteiger partial charge in [-0.15, -0.1) is 0 Å². The Labute approximate surface area is 113 Å². The first-order valence-electron chi connectivity index (χ1n) is 5.99. The van der Waals surface area contributed by atoms with Gasteiger partial charge < -0.3 is 14.5 Å². The van der Waals surface area contributed by atoms with Gasteiger partial charge in [-0.1, -0.05) is 11.2 Å². The summed E-state index contributed by atoms with van der Waals surface area (Å²) in [6, 6.07) is 4.85. The van der Waals surface area contributed by atoms with Gasteiger partial charge in [0, 0.05) is 20.0 Å². The molecule has 0 atom stereocenters. The van der Waals surface area contributed by atoms with Gasteiger partial charge in [-0.05, 0) is 23.3 Å². The van der Waals surface area contributed by atoms with Crippen LogP contribution >= 0.6 is 0 Å². The van der Waals surface area contributed by atoms with E-state index in [9.17, 15) is 9.59 Å². The van der Waals surface area contributed by atoms with E-state index in [4.69, 9.17) is 9.63 Å². The van der Waals surface area contributed by atoms with Crippen molar-refractivity contribution >= 4 is 11.9 Å². The van der Waals surface area contributed by atoms with Gasteiger partial charge in [0.05, 0.1) is 5.56 Å². The SMILES string of the molecule is Cc1nc(C(=O)N2Cc3ccc(C(=O)O)cc3C2)no1. The first kappa shape index (κ1) is 12.3. The number of aromatic nitrogens is 2. The molecular weight excluding hydrogens is 262 g/mol. The van der Waals surface area contributed by atoms with Crippen molar-refractivity contribution in [2.24, 2.45) is 0 Å². The Morgan fingerprint density at radius 2 is 2.05 bits per heavy atom. The van der Waals surface area contributed by atoms with E-state index in [1.165, 1.54) is 6.07 Å². The Bertz CT molecular complexity index is 707.